The van der Waals surface area contributed by atoms with Gasteiger partial charge in [0.25, 0.3) is 0 Å². The smallest absolute Gasteiger partial charge is 0.416 e. The summed E-state index contributed by atoms with van der Waals surface area (Å²) in [4.78, 5) is 7.19. The first-order valence-electron chi connectivity index (χ1n) is 9.18. The fraction of sp³-hybridized carbons (Fsp3) is 0.182. The molecule has 0 bridgehead atoms. The van der Waals surface area contributed by atoms with Crippen LogP contribution >= 0.6 is 0 Å². The van der Waals surface area contributed by atoms with E-state index in [9.17, 15) is 26.3 Å². The van der Waals surface area contributed by atoms with Crippen LogP contribution in [-0.2, 0) is 18.9 Å². The van der Waals surface area contributed by atoms with E-state index >= 15 is 0 Å². The molecule has 0 aliphatic carbocycles. The summed E-state index contributed by atoms with van der Waals surface area (Å²) in [5.74, 6) is -0.0357. The minimum atomic E-state index is -4.71. The van der Waals surface area contributed by atoms with Crippen LogP contribution in [0, 0.1) is 13.5 Å². The lowest BCUT2D eigenvalue weighted by Crippen LogP contribution is -2.06. The molecule has 0 N–H and O–H groups in total. The lowest BCUT2D eigenvalue weighted by Gasteiger charge is -2.11. The molecule has 2 heterocycles. The first-order chi connectivity index (χ1) is 15.0. The molecule has 4 rings (SSSR count). The predicted molar refractivity (Wildman–Crippen MR) is 104 cm³/mol. The van der Waals surface area contributed by atoms with E-state index in [1.807, 2.05) is 0 Å². The highest BCUT2D eigenvalue weighted by molar-refractivity contribution is 5.90. The van der Waals surface area contributed by atoms with Crippen LogP contribution in [0.3, 0.4) is 0 Å². The highest BCUT2D eigenvalue weighted by Gasteiger charge is 2.36. The second-order valence-corrected chi connectivity index (χ2v) is 7.10. The second kappa shape index (κ2) is 7.44. The van der Waals surface area contributed by atoms with Crippen LogP contribution in [-0.4, -0.2) is 9.55 Å². The molecule has 2 aromatic carbocycles. The lowest BCUT2D eigenvalue weighted by molar-refractivity contribution is -0.137. The summed E-state index contributed by atoms with van der Waals surface area (Å²) in [6.07, 6.45) is -7.98. The molecule has 0 aliphatic heterocycles. The zero-order valence-corrected chi connectivity index (χ0v) is 16.3. The minimum Gasteiger partial charge on any atom is -0.444 e. The third-order valence-corrected chi connectivity index (χ3v) is 4.98. The average Bonchev–Trinajstić information content (AvgIpc) is 3.31. The molecule has 0 amide bonds. The normalized spacial score (nSPS) is 12.3. The van der Waals surface area contributed by atoms with Crippen LogP contribution in [0.5, 0.6) is 0 Å². The molecule has 0 aliphatic rings. The van der Waals surface area contributed by atoms with E-state index in [1.165, 1.54) is 30.5 Å². The highest BCUT2D eigenvalue weighted by Crippen LogP contribution is 2.42. The van der Waals surface area contributed by atoms with Crippen molar-refractivity contribution in [1.29, 1.82) is 0 Å². The molecular weight excluding hydrogens is 436 g/mol. The molecule has 2 aromatic heterocycles. The van der Waals surface area contributed by atoms with E-state index in [-0.39, 0.29) is 28.9 Å². The maximum Gasteiger partial charge on any atom is 0.416 e. The monoisotopic (exact) mass is 449 g/mol. The summed E-state index contributed by atoms with van der Waals surface area (Å²) in [5.41, 5.74) is -1.14. The Morgan fingerprint density at radius 3 is 2.44 bits per heavy atom. The lowest BCUT2D eigenvalue weighted by atomic mass is 10.1. The van der Waals surface area contributed by atoms with E-state index in [0.29, 0.717) is 11.4 Å². The maximum atomic E-state index is 13.6. The largest absolute Gasteiger partial charge is 0.444 e. The Morgan fingerprint density at radius 2 is 1.78 bits per heavy atom. The number of aryl methyl sites for hydroxylation is 1. The molecule has 4 nitrogen and oxygen atoms in total. The van der Waals surface area contributed by atoms with Crippen LogP contribution < -0.4 is 0 Å². The predicted octanol–water partition coefficient (Wildman–Crippen LogP) is 7.24. The number of aromatic nitrogens is 2. The van der Waals surface area contributed by atoms with Crippen molar-refractivity contribution in [2.75, 3.05) is 0 Å². The van der Waals surface area contributed by atoms with Crippen LogP contribution in [0.2, 0.25) is 0 Å². The van der Waals surface area contributed by atoms with Gasteiger partial charge < -0.3 is 8.98 Å². The van der Waals surface area contributed by atoms with Gasteiger partial charge in [0.05, 0.1) is 29.9 Å². The Kier molecular flexibility index (Phi) is 5.00. The molecular formula is C22H13F6N3O. The number of fused-ring (bicyclic) bond motifs is 1. The van der Waals surface area contributed by atoms with Crippen molar-refractivity contribution in [3.05, 3.63) is 82.7 Å². The van der Waals surface area contributed by atoms with E-state index in [0.717, 1.165) is 18.2 Å². The van der Waals surface area contributed by atoms with Crippen LogP contribution in [0.1, 0.15) is 22.5 Å². The molecule has 32 heavy (non-hydrogen) atoms. The van der Waals surface area contributed by atoms with Gasteiger partial charge in [0.2, 0.25) is 5.89 Å². The Bertz CT molecular complexity index is 1350. The second-order valence-electron chi connectivity index (χ2n) is 7.10. The maximum absolute atomic E-state index is 13.6. The van der Waals surface area contributed by atoms with Gasteiger partial charge in [0, 0.05) is 22.2 Å². The Morgan fingerprint density at radius 1 is 1.03 bits per heavy atom. The molecule has 0 radical (unpaired) electrons. The van der Waals surface area contributed by atoms with Gasteiger partial charge in [0.1, 0.15) is 6.26 Å². The van der Waals surface area contributed by atoms with E-state index in [2.05, 4.69) is 9.83 Å². The standard InChI is InChI=1S/C22H13F6N3O/c1-12-8-16-18(7-6-17(29-2)19(16)22(26,27)28)31(12)10-15-11-32-20(30-15)13-4-3-5-14(9-13)21(23,24)25/h3-9,11H,10H2,1H3. The number of oxazole rings is 1. The van der Waals surface area contributed by atoms with Crippen molar-refractivity contribution in [2.45, 2.75) is 25.8 Å². The van der Waals surface area contributed by atoms with Gasteiger partial charge in [-0.25, -0.2) is 9.83 Å². The minimum absolute atomic E-state index is 0.0342. The van der Waals surface area contributed by atoms with E-state index < -0.39 is 29.2 Å². The van der Waals surface area contributed by atoms with Crippen LogP contribution in [0.15, 0.2) is 53.1 Å². The van der Waals surface area contributed by atoms with Crippen molar-refractivity contribution < 1.29 is 30.8 Å². The molecule has 0 spiro atoms. The van der Waals surface area contributed by atoms with Gasteiger partial charge in [-0.15, -0.1) is 0 Å². The Labute approximate surface area is 177 Å². The number of hydrogen-bond acceptors (Lipinski definition) is 2. The third kappa shape index (κ3) is 3.82. The molecule has 4 aromatic rings. The third-order valence-electron chi connectivity index (χ3n) is 4.98. The number of benzene rings is 2. The topological polar surface area (TPSA) is 35.3 Å². The number of nitrogens with zero attached hydrogens (tertiary/aromatic N) is 3. The number of hydrogen-bond donors (Lipinski definition) is 0. The quantitative estimate of drug-likeness (QED) is 0.244. The summed E-state index contributed by atoms with van der Waals surface area (Å²) in [7, 11) is 0. The molecule has 0 unspecified atom stereocenters. The zero-order valence-electron chi connectivity index (χ0n) is 16.3. The van der Waals surface area contributed by atoms with Gasteiger partial charge >= 0.3 is 12.4 Å². The van der Waals surface area contributed by atoms with Crippen LogP contribution in [0.4, 0.5) is 32.0 Å². The van der Waals surface area contributed by atoms with Crippen molar-refractivity contribution in [3.63, 3.8) is 0 Å². The van der Waals surface area contributed by atoms with Gasteiger partial charge in [-0.2, -0.15) is 26.3 Å². The van der Waals surface area contributed by atoms with Gasteiger partial charge in [-0.05, 0) is 37.3 Å². The molecule has 0 atom stereocenters. The first kappa shape index (κ1) is 21.5. The summed E-state index contributed by atoms with van der Waals surface area (Å²) < 4.78 is 86.5. The fourth-order valence-corrected chi connectivity index (χ4v) is 3.56. The average molecular weight is 449 g/mol. The highest BCUT2D eigenvalue weighted by atomic mass is 19.4. The zero-order chi connectivity index (χ0) is 23.3. The summed E-state index contributed by atoms with van der Waals surface area (Å²) in [5, 5.41) is -0.106. The van der Waals surface area contributed by atoms with Gasteiger partial charge in [0.15, 0.2) is 5.69 Å². The van der Waals surface area contributed by atoms with E-state index in [1.54, 1.807) is 11.5 Å². The number of halogens is 6. The summed E-state index contributed by atoms with van der Waals surface area (Å²) in [6, 6.07) is 8.39. The Balaban J connectivity index is 1.73. The van der Waals surface area contributed by atoms with Gasteiger partial charge in [-0.3, -0.25) is 0 Å². The molecule has 10 heteroatoms. The molecule has 164 valence electrons. The van der Waals surface area contributed by atoms with Crippen LogP contribution in [0.25, 0.3) is 27.2 Å². The first-order valence-corrected chi connectivity index (χ1v) is 9.18. The summed E-state index contributed by atoms with van der Waals surface area (Å²) in [6.45, 7) is 8.69. The van der Waals surface area contributed by atoms with Crippen molar-refractivity contribution in [1.82, 2.24) is 9.55 Å². The molecule has 0 saturated carbocycles. The van der Waals surface area contributed by atoms with Gasteiger partial charge in [-0.1, -0.05) is 12.1 Å². The van der Waals surface area contributed by atoms with Crippen molar-refractivity contribution in [3.8, 4) is 11.5 Å². The number of rotatable bonds is 3. The molecule has 0 fully saturated rings. The van der Waals surface area contributed by atoms with E-state index in [4.69, 9.17) is 11.0 Å². The number of alkyl halides is 6. The SMILES string of the molecule is [C-]#[N+]c1ccc2c(cc(C)n2Cc2coc(-c3cccc(C(F)(F)F)c3)n2)c1C(F)(F)F. The van der Waals surface area contributed by atoms with Crippen molar-refractivity contribution in [2.24, 2.45) is 0 Å². The van der Waals surface area contributed by atoms with Crippen molar-refractivity contribution >= 4 is 16.6 Å². The molecule has 0 saturated heterocycles. The Hall–Kier alpha value is -3.74. The fourth-order valence-electron chi connectivity index (χ4n) is 3.56. The summed E-state index contributed by atoms with van der Waals surface area (Å²) >= 11 is 0.